The molecule has 8 heteroatoms. The van der Waals surface area contributed by atoms with Gasteiger partial charge in [-0.2, -0.15) is 5.26 Å². The summed E-state index contributed by atoms with van der Waals surface area (Å²) < 4.78 is 11.5. The molecular formula is C31H27N3O5. The van der Waals surface area contributed by atoms with E-state index in [0.717, 1.165) is 5.56 Å². The van der Waals surface area contributed by atoms with Gasteiger partial charge in [-0.05, 0) is 53.1 Å². The standard InChI is InChI=1S/C31H27N3O5/c1-38-29(23-10-6-3-7-11-23)30(35)34-26-18-24(14-17-27(26)39-20-22-8-4-2-5-9-22)28(31(36)37)33-25-15-12-21(19-32)13-16-25/h2-18,28-29,33H,20H2,1H3,(H,34,35)(H,36,37). The maximum absolute atomic E-state index is 13.3. The number of benzene rings is 4. The molecule has 0 spiro atoms. The molecule has 0 bridgehead atoms. The van der Waals surface area contributed by atoms with Gasteiger partial charge in [0, 0.05) is 12.8 Å². The van der Waals surface area contributed by atoms with Crippen LogP contribution in [0.3, 0.4) is 0 Å². The van der Waals surface area contributed by atoms with Crippen molar-refractivity contribution in [1.82, 2.24) is 0 Å². The first kappa shape index (κ1) is 26.9. The van der Waals surface area contributed by atoms with Gasteiger partial charge in [-0.3, -0.25) is 4.79 Å². The molecule has 39 heavy (non-hydrogen) atoms. The second-order valence-corrected chi connectivity index (χ2v) is 8.65. The summed E-state index contributed by atoms with van der Waals surface area (Å²) in [7, 11) is 1.45. The van der Waals surface area contributed by atoms with Gasteiger partial charge in [0.25, 0.3) is 5.91 Å². The number of carbonyl (C=O) groups excluding carboxylic acids is 1. The quantitative estimate of drug-likeness (QED) is 0.231. The monoisotopic (exact) mass is 521 g/mol. The Bertz CT molecular complexity index is 1450. The van der Waals surface area contributed by atoms with Crippen molar-refractivity contribution < 1.29 is 24.2 Å². The molecule has 0 fully saturated rings. The fourth-order valence-corrected chi connectivity index (χ4v) is 4.00. The fraction of sp³-hybridized carbons (Fsp3) is 0.129. The first-order chi connectivity index (χ1) is 19.0. The van der Waals surface area contributed by atoms with E-state index in [4.69, 9.17) is 14.7 Å². The summed E-state index contributed by atoms with van der Waals surface area (Å²) in [5.74, 6) is -1.17. The molecule has 4 rings (SSSR count). The van der Waals surface area contributed by atoms with Crippen LogP contribution >= 0.6 is 0 Å². The van der Waals surface area contributed by atoms with Gasteiger partial charge in [-0.25, -0.2) is 4.79 Å². The van der Waals surface area contributed by atoms with Crippen LogP contribution in [0.4, 0.5) is 11.4 Å². The number of aliphatic carboxylic acids is 1. The third-order valence-electron chi connectivity index (χ3n) is 5.98. The minimum Gasteiger partial charge on any atom is -0.487 e. The molecular weight excluding hydrogens is 494 g/mol. The molecule has 8 nitrogen and oxygen atoms in total. The lowest BCUT2D eigenvalue weighted by atomic mass is 10.0. The second-order valence-electron chi connectivity index (χ2n) is 8.65. The third kappa shape index (κ3) is 7.01. The maximum atomic E-state index is 13.3. The lowest BCUT2D eigenvalue weighted by Crippen LogP contribution is -2.24. The smallest absolute Gasteiger partial charge is 0.330 e. The number of anilines is 2. The van der Waals surface area contributed by atoms with Crippen LogP contribution in [0.5, 0.6) is 5.75 Å². The van der Waals surface area contributed by atoms with E-state index in [-0.39, 0.29) is 6.61 Å². The summed E-state index contributed by atoms with van der Waals surface area (Å²) >= 11 is 0. The summed E-state index contributed by atoms with van der Waals surface area (Å²) in [4.78, 5) is 25.5. The van der Waals surface area contributed by atoms with Crippen LogP contribution in [0, 0.1) is 11.3 Å². The number of methoxy groups -OCH3 is 1. The molecule has 0 aromatic heterocycles. The van der Waals surface area contributed by atoms with Crippen LogP contribution in [0.25, 0.3) is 0 Å². The predicted octanol–water partition coefficient (Wildman–Crippen LogP) is 5.70. The molecule has 0 aliphatic heterocycles. The van der Waals surface area contributed by atoms with Gasteiger partial charge >= 0.3 is 5.97 Å². The van der Waals surface area contributed by atoms with Crippen molar-refractivity contribution >= 4 is 23.3 Å². The molecule has 3 N–H and O–H groups in total. The lowest BCUT2D eigenvalue weighted by Gasteiger charge is -2.21. The zero-order chi connectivity index (χ0) is 27.6. The molecule has 0 aliphatic rings. The van der Waals surface area contributed by atoms with E-state index >= 15 is 0 Å². The second kappa shape index (κ2) is 12.9. The van der Waals surface area contributed by atoms with E-state index in [1.807, 2.05) is 54.6 Å². The number of nitriles is 1. The summed E-state index contributed by atoms with van der Waals surface area (Å²) in [6.45, 7) is 0.251. The van der Waals surface area contributed by atoms with Crippen molar-refractivity contribution in [3.05, 3.63) is 125 Å². The third-order valence-corrected chi connectivity index (χ3v) is 5.98. The highest BCUT2D eigenvalue weighted by molar-refractivity contribution is 5.96. The van der Waals surface area contributed by atoms with Gasteiger partial charge in [-0.1, -0.05) is 66.7 Å². The molecule has 2 unspecified atom stereocenters. The zero-order valence-corrected chi connectivity index (χ0v) is 21.2. The van der Waals surface area contributed by atoms with E-state index in [9.17, 15) is 14.7 Å². The number of ether oxygens (including phenoxy) is 2. The number of hydrogen-bond acceptors (Lipinski definition) is 6. The lowest BCUT2D eigenvalue weighted by molar-refractivity contribution is -0.138. The van der Waals surface area contributed by atoms with Crippen molar-refractivity contribution in [3.8, 4) is 11.8 Å². The van der Waals surface area contributed by atoms with Gasteiger partial charge in [0.05, 0.1) is 17.3 Å². The molecule has 0 saturated heterocycles. The van der Waals surface area contributed by atoms with Crippen molar-refractivity contribution in [2.75, 3.05) is 17.7 Å². The number of rotatable bonds is 11. The largest absolute Gasteiger partial charge is 0.487 e. The molecule has 0 heterocycles. The summed E-state index contributed by atoms with van der Waals surface area (Å²) in [6, 6.07) is 30.8. The molecule has 4 aromatic rings. The van der Waals surface area contributed by atoms with Crippen LogP contribution in [0.1, 0.15) is 34.4 Å². The van der Waals surface area contributed by atoms with Gasteiger partial charge in [-0.15, -0.1) is 0 Å². The van der Waals surface area contributed by atoms with Crippen LogP contribution in [0.2, 0.25) is 0 Å². The number of carboxylic acids is 1. The minimum atomic E-state index is -1.14. The van der Waals surface area contributed by atoms with E-state index in [1.54, 1.807) is 54.6 Å². The minimum absolute atomic E-state index is 0.251. The summed E-state index contributed by atoms with van der Waals surface area (Å²) in [5, 5.41) is 24.9. The Kier molecular flexibility index (Phi) is 8.91. The van der Waals surface area contributed by atoms with Gasteiger partial charge in [0.1, 0.15) is 12.4 Å². The van der Waals surface area contributed by atoms with Crippen LogP contribution in [-0.4, -0.2) is 24.1 Å². The molecule has 0 radical (unpaired) electrons. The maximum Gasteiger partial charge on any atom is 0.330 e. The van der Waals surface area contributed by atoms with Crippen LogP contribution < -0.4 is 15.4 Å². The van der Waals surface area contributed by atoms with Gasteiger partial charge in [0.15, 0.2) is 12.1 Å². The molecule has 1 amide bonds. The molecule has 196 valence electrons. The highest BCUT2D eigenvalue weighted by Gasteiger charge is 2.24. The van der Waals surface area contributed by atoms with Crippen molar-refractivity contribution in [2.24, 2.45) is 0 Å². The first-order valence-electron chi connectivity index (χ1n) is 12.2. The molecule has 4 aromatic carbocycles. The van der Waals surface area contributed by atoms with Gasteiger partial charge in [0.2, 0.25) is 0 Å². The summed E-state index contributed by atoms with van der Waals surface area (Å²) in [6.07, 6.45) is -0.885. The van der Waals surface area contributed by atoms with Crippen LogP contribution in [-0.2, 0) is 20.9 Å². The SMILES string of the molecule is COC(C(=O)Nc1cc(C(Nc2ccc(C#N)cc2)C(=O)O)ccc1OCc1ccccc1)c1ccccc1. The topological polar surface area (TPSA) is 121 Å². The highest BCUT2D eigenvalue weighted by Crippen LogP contribution is 2.32. The van der Waals surface area contributed by atoms with Crippen LogP contribution in [0.15, 0.2) is 103 Å². The normalized spacial score (nSPS) is 12.0. The number of nitrogens with zero attached hydrogens (tertiary/aromatic N) is 1. The van der Waals surface area contributed by atoms with Crippen molar-refractivity contribution in [2.45, 2.75) is 18.8 Å². The Morgan fingerprint density at radius 3 is 2.18 bits per heavy atom. The van der Waals surface area contributed by atoms with E-state index in [0.29, 0.717) is 33.8 Å². The van der Waals surface area contributed by atoms with E-state index in [2.05, 4.69) is 10.6 Å². The Balaban J connectivity index is 1.65. The Labute approximate surface area is 226 Å². The Morgan fingerprint density at radius 2 is 1.56 bits per heavy atom. The molecule has 2 atom stereocenters. The highest BCUT2D eigenvalue weighted by atomic mass is 16.5. The number of amides is 1. The average molecular weight is 522 g/mol. The number of hydrogen-bond donors (Lipinski definition) is 3. The fourth-order valence-electron chi connectivity index (χ4n) is 4.00. The Morgan fingerprint density at radius 1 is 0.897 bits per heavy atom. The van der Waals surface area contributed by atoms with E-state index < -0.39 is 24.0 Å². The predicted molar refractivity (Wildman–Crippen MR) is 147 cm³/mol. The molecule has 0 saturated carbocycles. The average Bonchev–Trinajstić information content (AvgIpc) is 2.97. The summed E-state index contributed by atoms with van der Waals surface area (Å²) in [5.41, 5.74) is 3.29. The first-order valence-corrected chi connectivity index (χ1v) is 12.2. The van der Waals surface area contributed by atoms with Crippen molar-refractivity contribution in [1.29, 1.82) is 5.26 Å². The number of carbonyl (C=O) groups is 2. The zero-order valence-electron chi connectivity index (χ0n) is 21.2. The number of carboxylic acid groups (broad SMARTS) is 1. The Hall–Kier alpha value is -5.13. The van der Waals surface area contributed by atoms with E-state index in [1.165, 1.54) is 7.11 Å². The van der Waals surface area contributed by atoms with Crippen molar-refractivity contribution in [3.63, 3.8) is 0 Å². The van der Waals surface area contributed by atoms with Gasteiger partial charge < -0.3 is 25.2 Å². The number of nitrogens with one attached hydrogen (secondary N) is 2. The molecule has 0 aliphatic carbocycles.